The van der Waals surface area contributed by atoms with Crippen LogP contribution in [0.5, 0.6) is 0 Å². The monoisotopic (exact) mass is 380 g/mol. The Bertz CT molecular complexity index is 946. The Kier molecular flexibility index (Phi) is 4.41. The van der Waals surface area contributed by atoms with Gasteiger partial charge in [-0.25, -0.2) is 4.79 Å². The van der Waals surface area contributed by atoms with E-state index in [1.54, 1.807) is 4.90 Å². The lowest BCUT2D eigenvalue weighted by molar-refractivity contribution is -0.181. The van der Waals surface area contributed by atoms with E-state index < -0.39 is 17.0 Å². The summed E-state index contributed by atoms with van der Waals surface area (Å²) in [7, 11) is 0. The molecule has 0 unspecified atom stereocenters. The SMILES string of the molecule is CCCn1c(=O)[nH]c2c(C(=O)N3CCC4(CC3)OCCO4)snc2c1=O. The van der Waals surface area contributed by atoms with Gasteiger partial charge in [0.25, 0.3) is 11.5 Å². The third kappa shape index (κ3) is 2.78. The molecule has 1 amide bonds. The molecule has 2 saturated heterocycles. The van der Waals surface area contributed by atoms with E-state index in [0.717, 1.165) is 16.1 Å². The van der Waals surface area contributed by atoms with Crippen molar-refractivity contribution in [2.24, 2.45) is 0 Å². The molecule has 0 atom stereocenters. The molecule has 2 fully saturated rings. The molecule has 2 aromatic heterocycles. The van der Waals surface area contributed by atoms with Crippen molar-refractivity contribution in [2.75, 3.05) is 26.3 Å². The predicted molar refractivity (Wildman–Crippen MR) is 94.6 cm³/mol. The summed E-state index contributed by atoms with van der Waals surface area (Å²) in [6.45, 7) is 4.36. The summed E-state index contributed by atoms with van der Waals surface area (Å²) in [4.78, 5) is 42.2. The van der Waals surface area contributed by atoms with Gasteiger partial charge >= 0.3 is 5.69 Å². The first-order chi connectivity index (χ1) is 12.5. The summed E-state index contributed by atoms with van der Waals surface area (Å²) in [5, 5.41) is 0. The zero-order chi connectivity index (χ0) is 18.3. The van der Waals surface area contributed by atoms with Gasteiger partial charge in [0.05, 0.1) is 18.7 Å². The van der Waals surface area contributed by atoms with Gasteiger partial charge in [-0.1, -0.05) is 6.92 Å². The van der Waals surface area contributed by atoms with Crippen LogP contribution in [0.15, 0.2) is 9.59 Å². The second-order valence-corrected chi connectivity index (χ2v) is 7.30. The first kappa shape index (κ1) is 17.4. The number of carbonyl (C=O) groups is 1. The molecule has 1 N–H and O–H groups in total. The number of nitrogens with one attached hydrogen (secondary N) is 1. The van der Waals surface area contributed by atoms with Crippen molar-refractivity contribution in [3.8, 4) is 0 Å². The molecule has 26 heavy (non-hydrogen) atoms. The zero-order valence-electron chi connectivity index (χ0n) is 14.4. The number of piperidine rings is 1. The van der Waals surface area contributed by atoms with Gasteiger partial charge in [0, 0.05) is 32.5 Å². The van der Waals surface area contributed by atoms with Crippen molar-refractivity contribution in [3.63, 3.8) is 0 Å². The Hall–Kier alpha value is -2.04. The van der Waals surface area contributed by atoms with Gasteiger partial charge < -0.3 is 19.4 Å². The number of fused-ring (bicyclic) bond motifs is 1. The number of hydrogen-bond acceptors (Lipinski definition) is 7. The highest BCUT2D eigenvalue weighted by Crippen LogP contribution is 2.32. The lowest BCUT2D eigenvalue weighted by Gasteiger charge is -2.37. The van der Waals surface area contributed by atoms with Gasteiger partial charge in [0.15, 0.2) is 11.3 Å². The molecule has 2 aliphatic heterocycles. The third-order valence-electron chi connectivity index (χ3n) is 4.88. The number of amides is 1. The Labute approximate surface area is 152 Å². The quantitative estimate of drug-likeness (QED) is 0.833. The molecule has 0 aromatic carbocycles. The Morgan fingerprint density at radius 3 is 2.62 bits per heavy atom. The molecule has 0 radical (unpaired) electrons. The van der Waals surface area contributed by atoms with Crippen LogP contribution in [0, 0.1) is 0 Å². The number of nitrogens with zero attached hydrogens (tertiary/aromatic N) is 3. The van der Waals surface area contributed by atoms with E-state index in [1.807, 2.05) is 6.92 Å². The number of likely N-dealkylation sites (tertiary alicyclic amines) is 1. The van der Waals surface area contributed by atoms with Crippen molar-refractivity contribution in [1.29, 1.82) is 0 Å². The molecule has 9 nitrogen and oxygen atoms in total. The van der Waals surface area contributed by atoms with E-state index in [0.29, 0.717) is 57.0 Å². The molecular formula is C16H20N4O5S. The smallest absolute Gasteiger partial charge is 0.328 e. The lowest BCUT2D eigenvalue weighted by atomic mass is 10.0. The van der Waals surface area contributed by atoms with E-state index in [2.05, 4.69) is 9.36 Å². The fourth-order valence-electron chi connectivity index (χ4n) is 3.50. The maximum atomic E-state index is 12.9. The zero-order valence-corrected chi connectivity index (χ0v) is 15.3. The van der Waals surface area contributed by atoms with Crippen molar-refractivity contribution in [1.82, 2.24) is 18.8 Å². The molecule has 140 valence electrons. The Morgan fingerprint density at radius 1 is 1.27 bits per heavy atom. The van der Waals surface area contributed by atoms with E-state index >= 15 is 0 Å². The minimum Gasteiger partial charge on any atom is -0.347 e. The van der Waals surface area contributed by atoms with Gasteiger partial charge in [0.2, 0.25) is 0 Å². The highest BCUT2D eigenvalue weighted by Gasteiger charge is 2.41. The van der Waals surface area contributed by atoms with Crippen LogP contribution in [0.25, 0.3) is 11.0 Å². The van der Waals surface area contributed by atoms with Gasteiger partial charge in [-0.15, -0.1) is 0 Å². The second-order valence-electron chi connectivity index (χ2n) is 6.52. The molecule has 0 saturated carbocycles. The van der Waals surface area contributed by atoms with Crippen LogP contribution >= 0.6 is 11.5 Å². The first-order valence-corrected chi connectivity index (χ1v) is 9.52. The van der Waals surface area contributed by atoms with Crippen LogP contribution in [0.2, 0.25) is 0 Å². The average molecular weight is 380 g/mol. The highest BCUT2D eigenvalue weighted by molar-refractivity contribution is 7.09. The number of H-pyrrole nitrogens is 1. The van der Waals surface area contributed by atoms with Crippen LogP contribution < -0.4 is 11.2 Å². The summed E-state index contributed by atoms with van der Waals surface area (Å²) in [5.41, 5.74) is -0.589. The standard InChI is InChI=1S/C16H20N4O5S/c1-2-5-20-13(21)11-10(17-15(20)23)12(26-18-11)14(22)19-6-3-16(4-7-19)24-8-9-25-16/h2-9H2,1H3,(H,17,23). The average Bonchev–Trinajstić information content (AvgIpc) is 3.26. The molecule has 0 bridgehead atoms. The summed E-state index contributed by atoms with van der Waals surface area (Å²) in [6, 6.07) is 0. The second kappa shape index (κ2) is 6.60. The van der Waals surface area contributed by atoms with Crippen LogP contribution in [0.1, 0.15) is 35.9 Å². The molecule has 10 heteroatoms. The molecule has 2 aliphatic rings. The van der Waals surface area contributed by atoms with E-state index in [4.69, 9.17) is 9.47 Å². The minimum atomic E-state index is -0.561. The lowest BCUT2D eigenvalue weighted by Crippen LogP contribution is -2.47. The molecule has 4 rings (SSSR count). The van der Waals surface area contributed by atoms with Crippen molar-refractivity contribution in [3.05, 3.63) is 25.7 Å². The summed E-state index contributed by atoms with van der Waals surface area (Å²) in [5.74, 6) is -0.789. The Balaban J connectivity index is 1.62. The maximum Gasteiger partial charge on any atom is 0.328 e. The number of carbonyl (C=O) groups excluding carboxylic acids is 1. The van der Waals surface area contributed by atoms with Gasteiger partial charge in [-0.2, -0.15) is 4.37 Å². The topological polar surface area (TPSA) is 107 Å². The maximum absolute atomic E-state index is 12.9. The number of aromatic amines is 1. The van der Waals surface area contributed by atoms with Crippen molar-refractivity contribution in [2.45, 2.75) is 38.5 Å². The van der Waals surface area contributed by atoms with E-state index in [1.165, 1.54) is 0 Å². The molecule has 4 heterocycles. The van der Waals surface area contributed by atoms with Crippen molar-refractivity contribution < 1.29 is 14.3 Å². The van der Waals surface area contributed by atoms with Gasteiger partial charge in [-0.05, 0) is 18.0 Å². The number of rotatable bonds is 3. The third-order valence-corrected chi connectivity index (χ3v) is 5.72. The largest absolute Gasteiger partial charge is 0.347 e. The van der Waals surface area contributed by atoms with E-state index in [-0.39, 0.29) is 16.9 Å². The van der Waals surface area contributed by atoms with Crippen LogP contribution in [-0.4, -0.2) is 56.8 Å². The molecule has 0 aliphatic carbocycles. The summed E-state index contributed by atoms with van der Waals surface area (Å²) >= 11 is 0.951. The summed E-state index contributed by atoms with van der Waals surface area (Å²) < 4.78 is 16.6. The molecule has 1 spiro atoms. The van der Waals surface area contributed by atoms with Crippen molar-refractivity contribution >= 4 is 28.5 Å². The molecule has 2 aromatic rings. The van der Waals surface area contributed by atoms with Gasteiger partial charge in [-0.3, -0.25) is 14.2 Å². The predicted octanol–water partition coefficient (Wildman–Crippen LogP) is 0.535. The normalized spacial score (nSPS) is 19.5. The number of hydrogen-bond donors (Lipinski definition) is 1. The number of ether oxygens (including phenoxy) is 2. The summed E-state index contributed by atoms with van der Waals surface area (Å²) in [6.07, 6.45) is 1.87. The van der Waals surface area contributed by atoms with E-state index in [9.17, 15) is 14.4 Å². The van der Waals surface area contributed by atoms with Gasteiger partial charge in [0.1, 0.15) is 4.88 Å². The van der Waals surface area contributed by atoms with Crippen LogP contribution in [0.3, 0.4) is 0 Å². The first-order valence-electron chi connectivity index (χ1n) is 8.74. The Morgan fingerprint density at radius 2 is 1.96 bits per heavy atom. The fourth-order valence-corrected chi connectivity index (χ4v) is 4.30. The fraction of sp³-hybridized carbons (Fsp3) is 0.625. The minimum absolute atomic E-state index is 0.141. The van der Waals surface area contributed by atoms with Crippen LogP contribution in [0.4, 0.5) is 0 Å². The van der Waals surface area contributed by atoms with Crippen LogP contribution in [-0.2, 0) is 16.0 Å². The highest BCUT2D eigenvalue weighted by atomic mass is 32.1. The number of aromatic nitrogens is 3. The molecular weight excluding hydrogens is 360 g/mol.